The Hall–Kier alpha value is -2.74. The molecule has 0 radical (unpaired) electrons. The number of aliphatic imine (C=N–C) groups is 1. The van der Waals surface area contributed by atoms with E-state index in [9.17, 15) is 18.0 Å². The van der Waals surface area contributed by atoms with E-state index in [2.05, 4.69) is 10.3 Å². The summed E-state index contributed by atoms with van der Waals surface area (Å²) < 4.78 is 43.6. The quantitative estimate of drug-likeness (QED) is 0.794. The summed E-state index contributed by atoms with van der Waals surface area (Å²) in [5, 5.41) is 2.22. The minimum Gasteiger partial charge on any atom is -0.497 e. The smallest absolute Gasteiger partial charge is 0.416 e. The van der Waals surface area contributed by atoms with Crippen LogP contribution < -0.4 is 10.1 Å². The van der Waals surface area contributed by atoms with E-state index < -0.39 is 11.7 Å². The zero-order valence-corrected chi connectivity index (χ0v) is 14.3. The molecule has 0 saturated carbocycles. The van der Waals surface area contributed by atoms with E-state index in [0.29, 0.717) is 10.7 Å². The first-order valence-electron chi connectivity index (χ1n) is 7.46. The van der Waals surface area contributed by atoms with Gasteiger partial charge < -0.3 is 10.1 Å². The summed E-state index contributed by atoms with van der Waals surface area (Å²) in [6.07, 6.45) is -2.72. The molecule has 0 spiro atoms. The zero-order valence-electron chi connectivity index (χ0n) is 13.5. The molecule has 134 valence electrons. The molecule has 3 rings (SSSR count). The number of carbonyl (C=O) groups is 1. The van der Waals surface area contributed by atoms with Crippen molar-refractivity contribution in [1.82, 2.24) is 5.32 Å². The van der Waals surface area contributed by atoms with Gasteiger partial charge in [0.05, 0.1) is 23.3 Å². The predicted octanol–water partition coefficient (Wildman–Crippen LogP) is 5.24. The van der Waals surface area contributed by atoms with Crippen LogP contribution in [0, 0.1) is 0 Å². The molecule has 1 N–H and O–H groups in total. The van der Waals surface area contributed by atoms with Crippen LogP contribution in [0.2, 0.25) is 0 Å². The average molecular weight is 378 g/mol. The molecule has 2 aromatic carbocycles. The SMILES string of the molecule is COc1ccc(/C=C2\SC(=O)NC2=Nc2cccc(C(F)(F)F)c2)cc1. The third-order valence-electron chi connectivity index (χ3n) is 3.48. The topological polar surface area (TPSA) is 50.7 Å². The van der Waals surface area contributed by atoms with E-state index in [-0.39, 0.29) is 16.8 Å². The molecule has 0 aliphatic carbocycles. The summed E-state index contributed by atoms with van der Waals surface area (Å²) in [4.78, 5) is 16.4. The highest BCUT2D eigenvalue weighted by Gasteiger charge is 2.30. The third kappa shape index (κ3) is 4.26. The van der Waals surface area contributed by atoms with Gasteiger partial charge in [0.1, 0.15) is 11.6 Å². The molecule has 1 fully saturated rings. The number of rotatable bonds is 3. The Morgan fingerprint density at radius 3 is 2.54 bits per heavy atom. The summed E-state index contributed by atoms with van der Waals surface area (Å²) in [5.74, 6) is 0.911. The van der Waals surface area contributed by atoms with Crippen molar-refractivity contribution in [3.8, 4) is 5.75 Å². The van der Waals surface area contributed by atoms with Gasteiger partial charge in [-0.2, -0.15) is 13.2 Å². The fraction of sp³-hybridized carbons (Fsp3) is 0.111. The van der Waals surface area contributed by atoms with Crippen LogP contribution >= 0.6 is 11.8 Å². The summed E-state index contributed by atoms with van der Waals surface area (Å²) >= 11 is 0.934. The Bertz CT molecular complexity index is 890. The van der Waals surface area contributed by atoms with Crippen LogP contribution in [0.15, 0.2) is 58.4 Å². The van der Waals surface area contributed by atoms with Crippen molar-refractivity contribution in [2.45, 2.75) is 6.18 Å². The fourth-order valence-corrected chi connectivity index (χ4v) is 2.98. The highest BCUT2D eigenvalue weighted by molar-refractivity contribution is 8.18. The Morgan fingerprint density at radius 2 is 1.88 bits per heavy atom. The first-order chi connectivity index (χ1) is 12.3. The van der Waals surface area contributed by atoms with Crippen molar-refractivity contribution < 1.29 is 22.7 Å². The van der Waals surface area contributed by atoms with Gasteiger partial charge in [-0.3, -0.25) is 4.79 Å². The highest BCUT2D eigenvalue weighted by atomic mass is 32.2. The largest absolute Gasteiger partial charge is 0.497 e. The van der Waals surface area contributed by atoms with Crippen molar-refractivity contribution >= 4 is 34.6 Å². The van der Waals surface area contributed by atoms with Gasteiger partial charge in [-0.1, -0.05) is 18.2 Å². The summed E-state index contributed by atoms with van der Waals surface area (Å²) in [6.45, 7) is 0. The number of methoxy groups -OCH3 is 1. The lowest BCUT2D eigenvalue weighted by Gasteiger charge is -2.07. The van der Waals surface area contributed by atoms with E-state index in [1.165, 1.54) is 12.1 Å². The van der Waals surface area contributed by atoms with Gasteiger partial charge in [0.2, 0.25) is 0 Å². The number of amidine groups is 1. The van der Waals surface area contributed by atoms with Crippen LogP contribution in [-0.4, -0.2) is 18.2 Å². The van der Waals surface area contributed by atoms with E-state index in [4.69, 9.17) is 4.74 Å². The van der Waals surface area contributed by atoms with Gasteiger partial charge in [0.25, 0.3) is 5.24 Å². The van der Waals surface area contributed by atoms with E-state index in [0.717, 1.165) is 29.5 Å². The number of nitrogens with zero attached hydrogens (tertiary/aromatic N) is 1. The molecule has 1 aliphatic heterocycles. The Labute approximate surface area is 151 Å². The minimum atomic E-state index is -4.45. The van der Waals surface area contributed by atoms with E-state index in [1.54, 1.807) is 37.5 Å². The molecule has 1 amide bonds. The molecule has 1 aliphatic rings. The standard InChI is InChI=1S/C18H13F3N2O2S/c1-25-14-7-5-11(6-8-14)9-15-16(23-17(24)26-15)22-13-4-2-3-12(10-13)18(19,20)21/h2-10H,1H3,(H,22,23,24)/b15-9-. The number of halogens is 3. The first-order valence-corrected chi connectivity index (χ1v) is 8.28. The maximum atomic E-state index is 12.8. The summed E-state index contributed by atoms with van der Waals surface area (Å²) in [7, 11) is 1.56. The molecule has 4 nitrogen and oxygen atoms in total. The van der Waals surface area contributed by atoms with Crippen molar-refractivity contribution in [3.05, 3.63) is 64.6 Å². The Kier molecular flexibility index (Phi) is 5.03. The van der Waals surface area contributed by atoms with E-state index >= 15 is 0 Å². The lowest BCUT2D eigenvalue weighted by molar-refractivity contribution is -0.137. The van der Waals surface area contributed by atoms with Gasteiger partial charge in [-0.15, -0.1) is 0 Å². The lowest BCUT2D eigenvalue weighted by atomic mass is 10.2. The van der Waals surface area contributed by atoms with Crippen molar-refractivity contribution in [2.24, 2.45) is 4.99 Å². The highest BCUT2D eigenvalue weighted by Crippen LogP contribution is 2.33. The predicted molar refractivity (Wildman–Crippen MR) is 95.6 cm³/mol. The van der Waals surface area contributed by atoms with Crippen LogP contribution in [0.4, 0.5) is 23.7 Å². The molecule has 0 atom stereocenters. The first kappa shape index (κ1) is 18.1. The van der Waals surface area contributed by atoms with Gasteiger partial charge >= 0.3 is 6.18 Å². The Balaban J connectivity index is 1.93. The summed E-state index contributed by atoms with van der Waals surface area (Å²) in [5.41, 5.74) is 0.122. The van der Waals surface area contributed by atoms with Gasteiger partial charge in [-0.05, 0) is 53.7 Å². The van der Waals surface area contributed by atoms with E-state index in [1.807, 2.05) is 0 Å². The molecule has 0 aromatic heterocycles. The summed E-state index contributed by atoms with van der Waals surface area (Å²) in [6, 6.07) is 11.8. The molecule has 26 heavy (non-hydrogen) atoms. The number of alkyl halides is 3. The second-order valence-electron chi connectivity index (χ2n) is 5.30. The van der Waals surface area contributed by atoms with Crippen LogP contribution in [0.1, 0.15) is 11.1 Å². The molecule has 0 bridgehead atoms. The third-order valence-corrected chi connectivity index (χ3v) is 4.30. The number of thioether (sulfide) groups is 1. The van der Waals surface area contributed by atoms with Gasteiger partial charge in [-0.25, -0.2) is 4.99 Å². The maximum Gasteiger partial charge on any atom is 0.416 e. The van der Waals surface area contributed by atoms with Crippen LogP contribution in [0.3, 0.4) is 0 Å². The second kappa shape index (κ2) is 7.25. The molecule has 0 unspecified atom stereocenters. The molecule has 8 heteroatoms. The van der Waals surface area contributed by atoms with Gasteiger partial charge in [0.15, 0.2) is 0 Å². The second-order valence-corrected chi connectivity index (χ2v) is 6.32. The number of hydrogen-bond donors (Lipinski definition) is 1. The number of ether oxygens (including phenoxy) is 1. The molecular weight excluding hydrogens is 365 g/mol. The van der Waals surface area contributed by atoms with Crippen LogP contribution in [0.25, 0.3) is 6.08 Å². The molecule has 2 aromatic rings. The van der Waals surface area contributed by atoms with Crippen molar-refractivity contribution in [2.75, 3.05) is 7.11 Å². The van der Waals surface area contributed by atoms with Gasteiger partial charge in [0, 0.05) is 0 Å². The number of benzene rings is 2. The Morgan fingerprint density at radius 1 is 1.15 bits per heavy atom. The van der Waals surface area contributed by atoms with Crippen LogP contribution in [0.5, 0.6) is 5.75 Å². The number of amides is 1. The van der Waals surface area contributed by atoms with Crippen LogP contribution in [-0.2, 0) is 6.18 Å². The fourth-order valence-electron chi connectivity index (χ4n) is 2.25. The molecule has 1 saturated heterocycles. The number of carbonyl (C=O) groups excluding carboxylic acids is 1. The van der Waals surface area contributed by atoms with Crippen molar-refractivity contribution in [3.63, 3.8) is 0 Å². The average Bonchev–Trinajstić information content (AvgIpc) is 2.94. The monoisotopic (exact) mass is 378 g/mol. The molecule has 1 heterocycles. The molecular formula is C18H13F3N2O2S. The normalized spacial score (nSPS) is 17.6. The zero-order chi connectivity index (χ0) is 18.7. The van der Waals surface area contributed by atoms with Crippen molar-refractivity contribution in [1.29, 1.82) is 0 Å². The minimum absolute atomic E-state index is 0.109. The lowest BCUT2D eigenvalue weighted by Crippen LogP contribution is -2.18. The maximum absolute atomic E-state index is 12.8. The number of nitrogens with one attached hydrogen (secondary N) is 1. The number of hydrogen-bond acceptors (Lipinski definition) is 4.